The van der Waals surface area contributed by atoms with Gasteiger partial charge in [0.15, 0.2) is 0 Å². The molecule has 1 aromatic rings. The van der Waals surface area contributed by atoms with Crippen LogP contribution in [-0.4, -0.2) is 26.8 Å². The third-order valence-corrected chi connectivity index (χ3v) is 4.22. The lowest BCUT2D eigenvalue weighted by Gasteiger charge is -2.35. The number of rotatable bonds is 10. The molecule has 0 saturated carbocycles. The number of nitrogens with one attached hydrogen (secondary N) is 1. The summed E-state index contributed by atoms with van der Waals surface area (Å²) in [6.07, 6.45) is 4.21. The van der Waals surface area contributed by atoms with Crippen LogP contribution in [0.2, 0.25) is 5.02 Å². The van der Waals surface area contributed by atoms with E-state index in [1.54, 1.807) is 7.11 Å². The number of hydrogen-bond donors (Lipinski definition) is 1. The van der Waals surface area contributed by atoms with Gasteiger partial charge in [-0.15, -0.1) is 0 Å². The molecule has 0 unspecified atom stereocenters. The average molecular weight is 316 g/mol. The monoisotopic (exact) mass is 315 g/mol. The summed E-state index contributed by atoms with van der Waals surface area (Å²) in [5, 5.41) is 3.99. The molecule has 21 heavy (non-hydrogen) atoms. The van der Waals surface area contributed by atoms with Crippen LogP contribution in [0.4, 0.5) is 4.39 Å². The summed E-state index contributed by atoms with van der Waals surface area (Å²) in [6, 6.07) is 4.78. The molecule has 2 nitrogen and oxygen atoms in total. The van der Waals surface area contributed by atoms with E-state index in [1.807, 2.05) is 6.07 Å². The molecule has 1 aromatic carbocycles. The van der Waals surface area contributed by atoms with Crippen LogP contribution in [0.15, 0.2) is 18.2 Å². The molecule has 120 valence electrons. The smallest absolute Gasteiger partial charge is 0.124 e. The zero-order valence-corrected chi connectivity index (χ0v) is 14.1. The topological polar surface area (TPSA) is 21.3 Å². The number of hydrogen-bond acceptors (Lipinski definition) is 2. The molecule has 0 aromatic heterocycles. The van der Waals surface area contributed by atoms with Gasteiger partial charge in [0.2, 0.25) is 0 Å². The van der Waals surface area contributed by atoms with Gasteiger partial charge < -0.3 is 10.1 Å². The maximum Gasteiger partial charge on any atom is 0.124 e. The molecular weight excluding hydrogens is 289 g/mol. The van der Waals surface area contributed by atoms with Crippen LogP contribution in [0.5, 0.6) is 0 Å². The van der Waals surface area contributed by atoms with Crippen molar-refractivity contribution in [1.82, 2.24) is 5.32 Å². The minimum atomic E-state index is -0.280. The lowest BCUT2D eigenvalue weighted by atomic mass is 9.73. The highest BCUT2D eigenvalue weighted by molar-refractivity contribution is 6.31. The van der Waals surface area contributed by atoms with E-state index in [0.29, 0.717) is 11.6 Å². The lowest BCUT2D eigenvalue weighted by Crippen LogP contribution is -2.39. The molecule has 0 bridgehead atoms. The van der Waals surface area contributed by atoms with Crippen LogP contribution >= 0.6 is 11.6 Å². The Morgan fingerprint density at radius 1 is 1.24 bits per heavy atom. The van der Waals surface area contributed by atoms with Crippen molar-refractivity contribution >= 4 is 11.6 Å². The second kappa shape index (κ2) is 9.39. The largest absolute Gasteiger partial charge is 0.383 e. The number of ether oxygens (including phenoxy) is 1. The van der Waals surface area contributed by atoms with Gasteiger partial charge in [-0.25, -0.2) is 4.39 Å². The third kappa shape index (κ3) is 5.24. The summed E-state index contributed by atoms with van der Waals surface area (Å²) in [4.78, 5) is 0. The summed E-state index contributed by atoms with van der Waals surface area (Å²) in [7, 11) is 1.70. The molecule has 0 aliphatic heterocycles. The van der Waals surface area contributed by atoms with E-state index in [0.717, 1.165) is 44.3 Å². The maximum atomic E-state index is 13.3. The second-order valence-corrected chi connectivity index (χ2v) is 5.98. The van der Waals surface area contributed by atoms with Crippen LogP contribution in [0.25, 0.3) is 0 Å². The van der Waals surface area contributed by atoms with E-state index in [-0.39, 0.29) is 11.2 Å². The molecule has 1 rings (SSSR count). The first kappa shape index (κ1) is 18.4. The van der Waals surface area contributed by atoms with Crippen LogP contribution in [-0.2, 0) is 10.2 Å². The molecule has 0 heterocycles. The molecule has 0 radical (unpaired) electrons. The molecule has 0 aliphatic rings. The zero-order chi connectivity index (χ0) is 15.7. The fourth-order valence-corrected chi connectivity index (χ4v) is 3.41. The molecule has 0 aliphatic carbocycles. The van der Waals surface area contributed by atoms with Crippen LogP contribution in [0.3, 0.4) is 0 Å². The zero-order valence-electron chi connectivity index (χ0n) is 13.3. The van der Waals surface area contributed by atoms with Gasteiger partial charge in [0, 0.05) is 30.6 Å². The minimum Gasteiger partial charge on any atom is -0.383 e. The normalized spacial score (nSPS) is 11.9. The van der Waals surface area contributed by atoms with Crippen molar-refractivity contribution in [3.63, 3.8) is 0 Å². The van der Waals surface area contributed by atoms with Gasteiger partial charge in [0.25, 0.3) is 0 Å². The van der Waals surface area contributed by atoms with Crippen molar-refractivity contribution in [2.45, 2.75) is 44.9 Å². The molecule has 0 spiro atoms. The maximum absolute atomic E-state index is 13.3. The first-order chi connectivity index (χ1) is 10.1. The lowest BCUT2D eigenvalue weighted by molar-refractivity contribution is 0.195. The van der Waals surface area contributed by atoms with Crippen molar-refractivity contribution in [3.05, 3.63) is 34.6 Å². The van der Waals surface area contributed by atoms with Crippen LogP contribution < -0.4 is 5.32 Å². The fraction of sp³-hybridized carbons (Fsp3) is 0.647. The van der Waals surface area contributed by atoms with Gasteiger partial charge in [0.1, 0.15) is 5.82 Å². The Bertz CT molecular complexity index is 419. The molecule has 0 fully saturated rings. The molecule has 4 heteroatoms. The van der Waals surface area contributed by atoms with E-state index in [2.05, 4.69) is 19.2 Å². The summed E-state index contributed by atoms with van der Waals surface area (Å²) in [5.74, 6) is -0.280. The van der Waals surface area contributed by atoms with Gasteiger partial charge in [-0.3, -0.25) is 0 Å². The van der Waals surface area contributed by atoms with E-state index in [4.69, 9.17) is 16.3 Å². The Hall–Kier alpha value is -0.640. The van der Waals surface area contributed by atoms with Crippen molar-refractivity contribution in [2.24, 2.45) is 0 Å². The molecule has 0 amide bonds. The van der Waals surface area contributed by atoms with Gasteiger partial charge >= 0.3 is 0 Å². The molecule has 1 N–H and O–H groups in total. The summed E-state index contributed by atoms with van der Waals surface area (Å²) >= 11 is 6.33. The first-order valence-electron chi connectivity index (χ1n) is 7.74. The number of methoxy groups -OCH3 is 1. The number of benzene rings is 1. The van der Waals surface area contributed by atoms with Crippen molar-refractivity contribution < 1.29 is 9.13 Å². The Balaban J connectivity index is 3.02. The van der Waals surface area contributed by atoms with Crippen molar-refractivity contribution in [2.75, 3.05) is 26.8 Å². The van der Waals surface area contributed by atoms with Gasteiger partial charge in [0.05, 0.1) is 6.61 Å². The minimum absolute atomic E-state index is 0.0397. The summed E-state index contributed by atoms with van der Waals surface area (Å²) < 4.78 is 18.4. The first-order valence-corrected chi connectivity index (χ1v) is 8.12. The highest BCUT2D eigenvalue weighted by Gasteiger charge is 2.32. The Morgan fingerprint density at radius 3 is 2.43 bits per heavy atom. The van der Waals surface area contributed by atoms with Gasteiger partial charge in [-0.05, 0) is 30.5 Å². The Morgan fingerprint density at radius 2 is 1.90 bits per heavy atom. The average Bonchev–Trinajstić information content (AvgIpc) is 2.44. The Kier molecular flexibility index (Phi) is 8.23. The number of halogens is 2. The van der Waals surface area contributed by atoms with Gasteiger partial charge in [-0.2, -0.15) is 0 Å². The van der Waals surface area contributed by atoms with E-state index in [9.17, 15) is 4.39 Å². The van der Waals surface area contributed by atoms with Crippen LogP contribution in [0.1, 0.15) is 45.1 Å². The molecule has 0 saturated heterocycles. The highest BCUT2D eigenvalue weighted by Crippen LogP contribution is 2.38. The quantitative estimate of drug-likeness (QED) is 0.639. The van der Waals surface area contributed by atoms with Crippen molar-refractivity contribution in [3.8, 4) is 0 Å². The van der Waals surface area contributed by atoms with E-state index < -0.39 is 0 Å². The second-order valence-electron chi connectivity index (χ2n) is 5.57. The van der Waals surface area contributed by atoms with Gasteiger partial charge in [-0.1, -0.05) is 44.4 Å². The predicted molar refractivity (Wildman–Crippen MR) is 87.6 cm³/mol. The molecular formula is C17H27ClFNO. The molecule has 0 atom stereocenters. The highest BCUT2D eigenvalue weighted by atomic mass is 35.5. The van der Waals surface area contributed by atoms with E-state index >= 15 is 0 Å². The summed E-state index contributed by atoms with van der Waals surface area (Å²) in [6.45, 7) is 6.69. The third-order valence-electron chi connectivity index (χ3n) is 3.91. The summed E-state index contributed by atoms with van der Waals surface area (Å²) in [5.41, 5.74) is 1.02. The predicted octanol–water partition coefficient (Wildman–Crippen LogP) is 4.55. The van der Waals surface area contributed by atoms with Crippen LogP contribution in [0, 0.1) is 5.82 Å². The standard InChI is InChI=1S/C17H27ClFNO/c1-4-8-17(9-5-2,13-20-10-11-21-3)15-7-6-14(19)12-16(15)18/h6-7,12,20H,4-5,8-11,13H2,1-3H3. The van der Waals surface area contributed by atoms with Crippen molar-refractivity contribution in [1.29, 1.82) is 0 Å². The van der Waals surface area contributed by atoms with E-state index in [1.165, 1.54) is 12.1 Å². The fourth-order valence-electron chi connectivity index (χ4n) is 3.04. The Labute approximate surface area is 133 Å². The SMILES string of the molecule is CCCC(CCC)(CNCCOC)c1ccc(F)cc1Cl.